The summed E-state index contributed by atoms with van der Waals surface area (Å²) in [4.78, 5) is 0. The summed E-state index contributed by atoms with van der Waals surface area (Å²) >= 11 is 11.8. The molecule has 0 atom stereocenters. The number of hydrogen-bond acceptors (Lipinski definition) is 2. The molecule has 0 unspecified atom stereocenters. The molecule has 1 aromatic carbocycles. The molecule has 1 aromatic heterocycles. The van der Waals surface area contributed by atoms with Crippen LogP contribution in [0.25, 0.3) is 0 Å². The molecule has 1 heterocycles. The van der Waals surface area contributed by atoms with Crippen molar-refractivity contribution < 1.29 is 0 Å². The molecule has 3 nitrogen and oxygen atoms in total. The van der Waals surface area contributed by atoms with Gasteiger partial charge in [0.25, 0.3) is 0 Å². The monoisotopic (exact) mass is 241 g/mol. The topological polar surface area (TPSA) is 30.7 Å². The molecule has 0 aliphatic heterocycles. The van der Waals surface area contributed by atoms with Gasteiger partial charge in [0.2, 0.25) is 5.28 Å². The number of benzene rings is 1. The maximum atomic E-state index is 5.89. The summed E-state index contributed by atoms with van der Waals surface area (Å²) < 4.78 is 1.83. The van der Waals surface area contributed by atoms with Gasteiger partial charge in [0.1, 0.15) is 5.82 Å². The van der Waals surface area contributed by atoms with Crippen molar-refractivity contribution in [2.75, 3.05) is 0 Å². The first-order chi connectivity index (χ1) is 7.16. The van der Waals surface area contributed by atoms with E-state index >= 15 is 0 Å². The number of aromatic nitrogens is 3. The Kier molecular flexibility index (Phi) is 2.93. The summed E-state index contributed by atoms with van der Waals surface area (Å²) in [5, 5.41) is 8.78. The Morgan fingerprint density at radius 3 is 2.67 bits per heavy atom. The maximum Gasteiger partial charge on any atom is 0.225 e. The zero-order chi connectivity index (χ0) is 10.8. The van der Waals surface area contributed by atoms with Crippen LogP contribution in [0, 0.1) is 6.92 Å². The van der Waals surface area contributed by atoms with Crippen molar-refractivity contribution in [3.8, 4) is 0 Å². The minimum absolute atomic E-state index is 0.396. The van der Waals surface area contributed by atoms with Crippen LogP contribution in [0.5, 0.6) is 0 Å². The third-order valence-electron chi connectivity index (χ3n) is 2.12. The summed E-state index contributed by atoms with van der Waals surface area (Å²) in [6.45, 7) is 2.50. The van der Waals surface area contributed by atoms with E-state index in [-0.39, 0.29) is 0 Å². The molecule has 0 spiro atoms. The highest BCUT2D eigenvalue weighted by atomic mass is 35.5. The van der Waals surface area contributed by atoms with E-state index in [2.05, 4.69) is 10.2 Å². The van der Waals surface area contributed by atoms with E-state index in [4.69, 9.17) is 23.2 Å². The summed E-state index contributed by atoms with van der Waals surface area (Å²) in [5.74, 6) is 0.792. The molecule has 0 saturated carbocycles. The zero-order valence-corrected chi connectivity index (χ0v) is 9.63. The zero-order valence-electron chi connectivity index (χ0n) is 8.11. The van der Waals surface area contributed by atoms with E-state index in [9.17, 15) is 0 Å². The molecule has 0 amide bonds. The predicted molar refractivity (Wildman–Crippen MR) is 60.3 cm³/mol. The number of nitrogens with zero attached hydrogens (tertiary/aromatic N) is 3. The number of halogens is 2. The fraction of sp³-hybridized carbons (Fsp3) is 0.200. The summed E-state index contributed by atoms with van der Waals surface area (Å²) in [7, 11) is 0. The predicted octanol–water partition coefficient (Wildman–Crippen LogP) is 2.94. The van der Waals surface area contributed by atoms with Crippen molar-refractivity contribution in [3.05, 3.63) is 46.0 Å². The molecule has 2 rings (SSSR count). The fourth-order valence-electron chi connectivity index (χ4n) is 1.35. The molecule has 0 bridgehead atoms. The quantitative estimate of drug-likeness (QED) is 0.810. The average molecular weight is 242 g/mol. The van der Waals surface area contributed by atoms with E-state index in [1.165, 1.54) is 0 Å². The Hall–Kier alpha value is -1.06. The lowest BCUT2D eigenvalue weighted by Gasteiger charge is -2.05. The molecule has 78 valence electrons. The molecular formula is C10H9Cl2N3. The largest absolute Gasteiger partial charge is 0.298 e. The second kappa shape index (κ2) is 4.21. The highest BCUT2D eigenvalue weighted by Gasteiger charge is 2.06. The SMILES string of the molecule is Cc1nnc(Cl)n1Cc1cccc(Cl)c1. The van der Waals surface area contributed by atoms with Gasteiger partial charge in [0.15, 0.2) is 0 Å². The van der Waals surface area contributed by atoms with E-state index in [1.807, 2.05) is 35.8 Å². The van der Waals surface area contributed by atoms with E-state index < -0.39 is 0 Å². The second-order valence-corrected chi connectivity index (χ2v) is 4.01. The van der Waals surface area contributed by atoms with Crippen LogP contribution < -0.4 is 0 Å². The smallest absolute Gasteiger partial charge is 0.225 e. The van der Waals surface area contributed by atoms with Crippen molar-refractivity contribution in [1.29, 1.82) is 0 Å². The third kappa shape index (κ3) is 2.30. The maximum absolute atomic E-state index is 5.89. The van der Waals surface area contributed by atoms with Crippen LogP contribution in [-0.4, -0.2) is 14.8 Å². The van der Waals surface area contributed by atoms with Gasteiger partial charge in [0.05, 0.1) is 6.54 Å². The number of rotatable bonds is 2. The summed E-state index contributed by atoms with van der Waals surface area (Å²) in [5.41, 5.74) is 1.08. The molecule has 0 radical (unpaired) electrons. The minimum Gasteiger partial charge on any atom is -0.298 e. The number of hydrogen-bond donors (Lipinski definition) is 0. The van der Waals surface area contributed by atoms with Crippen LogP contribution in [-0.2, 0) is 6.54 Å². The first-order valence-corrected chi connectivity index (χ1v) is 5.22. The van der Waals surface area contributed by atoms with Crippen molar-refractivity contribution in [1.82, 2.24) is 14.8 Å². The van der Waals surface area contributed by atoms with Gasteiger partial charge in [-0.3, -0.25) is 4.57 Å². The van der Waals surface area contributed by atoms with Gasteiger partial charge in [0, 0.05) is 5.02 Å². The molecule has 5 heteroatoms. The second-order valence-electron chi connectivity index (χ2n) is 3.23. The van der Waals surface area contributed by atoms with Crippen LogP contribution in [0.3, 0.4) is 0 Å². The number of aryl methyl sites for hydroxylation is 1. The minimum atomic E-state index is 0.396. The van der Waals surface area contributed by atoms with Crippen LogP contribution in [0.1, 0.15) is 11.4 Å². The Morgan fingerprint density at radius 1 is 1.27 bits per heavy atom. The Bertz CT molecular complexity index is 460. The van der Waals surface area contributed by atoms with Crippen LogP contribution in [0.4, 0.5) is 0 Å². The molecule has 0 aliphatic carbocycles. The lowest BCUT2D eigenvalue weighted by Crippen LogP contribution is -2.02. The normalized spacial score (nSPS) is 10.6. The summed E-state index contributed by atoms with van der Waals surface area (Å²) in [6.07, 6.45) is 0. The Balaban J connectivity index is 2.29. The molecule has 15 heavy (non-hydrogen) atoms. The third-order valence-corrected chi connectivity index (χ3v) is 2.64. The van der Waals surface area contributed by atoms with Gasteiger partial charge in [-0.25, -0.2) is 0 Å². The standard InChI is InChI=1S/C10H9Cl2N3/c1-7-13-14-10(12)15(7)6-8-3-2-4-9(11)5-8/h2-5H,6H2,1H3. The van der Waals surface area contributed by atoms with Gasteiger partial charge in [-0.1, -0.05) is 23.7 Å². The van der Waals surface area contributed by atoms with Gasteiger partial charge in [-0.05, 0) is 36.2 Å². The molecule has 2 aromatic rings. The van der Waals surface area contributed by atoms with E-state index in [0.29, 0.717) is 16.9 Å². The highest BCUT2D eigenvalue weighted by Crippen LogP contribution is 2.15. The van der Waals surface area contributed by atoms with Crippen molar-refractivity contribution in [2.24, 2.45) is 0 Å². The van der Waals surface area contributed by atoms with Gasteiger partial charge < -0.3 is 0 Å². The summed E-state index contributed by atoms with van der Waals surface area (Å²) in [6, 6.07) is 7.63. The first kappa shape index (κ1) is 10.5. The lowest BCUT2D eigenvalue weighted by molar-refractivity contribution is 0.762. The fourth-order valence-corrected chi connectivity index (χ4v) is 1.79. The molecular weight excluding hydrogens is 233 g/mol. The average Bonchev–Trinajstić information content (AvgIpc) is 2.50. The van der Waals surface area contributed by atoms with Crippen LogP contribution >= 0.6 is 23.2 Å². The van der Waals surface area contributed by atoms with Crippen LogP contribution in [0.15, 0.2) is 24.3 Å². The van der Waals surface area contributed by atoms with Gasteiger partial charge >= 0.3 is 0 Å². The van der Waals surface area contributed by atoms with E-state index in [0.717, 1.165) is 11.4 Å². The lowest BCUT2D eigenvalue weighted by atomic mass is 10.2. The van der Waals surface area contributed by atoms with Crippen molar-refractivity contribution in [3.63, 3.8) is 0 Å². The Labute approximate surface area is 97.7 Å². The molecule has 0 fully saturated rings. The van der Waals surface area contributed by atoms with E-state index in [1.54, 1.807) is 0 Å². The Morgan fingerprint density at radius 2 is 2.07 bits per heavy atom. The molecule has 0 saturated heterocycles. The van der Waals surface area contributed by atoms with Crippen LogP contribution in [0.2, 0.25) is 10.3 Å². The van der Waals surface area contributed by atoms with Crippen molar-refractivity contribution in [2.45, 2.75) is 13.5 Å². The van der Waals surface area contributed by atoms with Gasteiger partial charge in [-0.2, -0.15) is 0 Å². The first-order valence-electron chi connectivity index (χ1n) is 4.46. The van der Waals surface area contributed by atoms with Crippen molar-refractivity contribution >= 4 is 23.2 Å². The molecule has 0 N–H and O–H groups in total. The van der Waals surface area contributed by atoms with Gasteiger partial charge in [-0.15, -0.1) is 10.2 Å². The molecule has 0 aliphatic rings. The highest BCUT2D eigenvalue weighted by molar-refractivity contribution is 6.30.